The lowest BCUT2D eigenvalue weighted by Crippen LogP contribution is -2.48. The first-order valence-electron chi connectivity index (χ1n) is 10.2. The van der Waals surface area contributed by atoms with Gasteiger partial charge < -0.3 is 24.4 Å². The van der Waals surface area contributed by atoms with Gasteiger partial charge in [0.1, 0.15) is 6.10 Å². The second kappa shape index (κ2) is 10.0. The lowest BCUT2D eigenvalue weighted by atomic mass is 10.0. The van der Waals surface area contributed by atoms with E-state index in [1.54, 1.807) is 6.92 Å². The lowest BCUT2D eigenvalue weighted by molar-refractivity contribution is -0.273. The maximum atomic E-state index is 12.1. The van der Waals surface area contributed by atoms with Gasteiger partial charge in [0.05, 0.1) is 30.8 Å². The topological polar surface area (TPSA) is 85.2 Å². The molecule has 1 heterocycles. The first-order valence-corrected chi connectivity index (χ1v) is 10.2. The molecular formula is C20H36O6. The summed E-state index contributed by atoms with van der Waals surface area (Å²) in [6, 6.07) is 0. The Morgan fingerprint density at radius 1 is 1.19 bits per heavy atom. The van der Waals surface area contributed by atoms with Crippen LogP contribution >= 0.6 is 0 Å². The molecule has 0 aromatic heterocycles. The molecule has 7 atom stereocenters. The molecule has 0 radical (unpaired) electrons. The third-order valence-electron chi connectivity index (χ3n) is 5.84. The van der Waals surface area contributed by atoms with E-state index in [2.05, 4.69) is 13.8 Å². The van der Waals surface area contributed by atoms with E-state index in [-0.39, 0.29) is 30.5 Å². The summed E-state index contributed by atoms with van der Waals surface area (Å²) in [6.45, 7) is 8.51. The second-order valence-corrected chi connectivity index (χ2v) is 8.02. The normalized spacial score (nSPS) is 35.3. The summed E-state index contributed by atoms with van der Waals surface area (Å²) in [7, 11) is 0. The number of carbonyl (C=O) groups excluding carboxylic acids is 1. The summed E-state index contributed by atoms with van der Waals surface area (Å²) in [4.78, 5) is 12.1. The summed E-state index contributed by atoms with van der Waals surface area (Å²) < 4.78 is 16.8. The van der Waals surface area contributed by atoms with Gasteiger partial charge in [-0.05, 0) is 44.9 Å². The molecule has 1 saturated carbocycles. The van der Waals surface area contributed by atoms with Crippen LogP contribution in [0.4, 0.5) is 0 Å². The van der Waals surface area contributed by atoms with Crippen LogP contribution < -0.4 is 0 Å². The van der Waals surface area contributed by atoms with Crippen molar-refractivity contribution >= 4 is 5.97 Å². The molecule has 152 valence electrons. The highest BCUT2D eigenvalue weighted by Gasteiger charge is 2.44. The molecular weight excluding hydrogens is 336 g/mol. The first kappa shape index (κ1) is 21.6. The Morgan fingerprint density at radius 3 is 2.54 bits per heavy atom. The third-order valence-corrected chi connectivity index (χ3v) is 5.84. The van der Waals surface area contributed by atoms with Crippen LogP contribution in [0.15, 0.2) is 0 Å². The van der Waals surface area contributed by atoms with Crippen molar-refractivity contribution in [1.29, 1.82) is 0 Å². The average molecular weight is 373 g/mol. The fourth-order valence-corrected chi connectivity index (χ4v) is 3.50. The van der Waals surface area contributed by atoms with Crippen LogP contribution in [-0.2, 0) is 19.0 Å². The Hall–Kier alpha value is -0.690. The van der Waals surface area contributed by atoms with Crippen LogP contribution in [0, 0.1) is 17.8 Å². The van der Waals surface area contributed by atoms with Gasteiger partial charge in [-0.2, -0.15) is 0 Å². The lowest BCUT2D eigenvalue weighted by Gasteiger charge is -2.36. The van der Waals surface area contributed by atoms with E-state index in [4.69, 9.17) is 14.2 Å². The van der Waals surface area contributed by atoms with E-state index in [9.17, 15) is 15.0 Å². The second-order valence-electron chi connectivity index (χ2n) is 8.02. The maximum Gasteiger partial charge on any atom is 0.309 e. The Balaban J connectivity index is 1.63. The number of carbonyl (C=O) groups is 1. The largest absolute Gasteiger partial charge is 0.465 e. The zero-order valence-electron chi connectivity index (χ0n) is 16.6. The van der Waals surface area contributed by atoms with Crippen LogP contribution in [0.5, 0.6) is 0 Å². The van der Waals surface area contributed by atoms with Crippen LogP contribution in [0.3, 0.4) is 0 Å². The molecule has 0 unspecified atom stereocenters. The first-order chi connectivity index (χ1) is 12.3. The predicted molar refractivity (Wildman–Crippen MR) is 97.4 cm³/mol. The van der Waals surface area contributed by atoms with Crippen molar-refractivity contribution in [2.75, 3.05) is 6.61 Å². The molecule has 0 spiro atoms. The van der Waals surface area contributed by atoms with E-state index >= 15 is 0 Å². The highest BCUT2D eigenvalue weighted by Crippen LogP contribution is 2.43. The Labute approximate surface area is 157 Å². The molecule has 1 saturated heterocycles. The number of rotatable bonds is 10. The van der Waals surface area contributed by atoms with Gasteiger partial charge in [0.2, 0.25) is 0 Å². The van der Waals surface area contributed by atoms with Gasteiger partial charge >= 0.3 is 5.97 Å². The third kappa shape index (κ3) is 6.19. The Morgan fingerprint density at radius 2 is 1.88 bits per heavy atom. The summed E-state index contributed by atoms with van der Waals surface area (Å²) >= 11 is 0. The molecule has 0 aromatic rings. The van der Waals surface area contributed by atoms with Crippen LogP contribution in [0.25, 0.3) is 0 Å². The van der Waals surface area contributed by atoms with Crippen molar-refractivity contribution in [3.8, 4) is 0 Å². The zero-order chi connectivity index (χ0) is 19.3. The number of hydrogen-bond acceptors (Lipinski definition) is 6. The van der Waals surface area contributed by atoms with Gasteiger partial charge in [-0.1, -0.05) is 26.7 Å². The van der Waals surface area contributed by atoms with Gasteiger partial charge in [0.15, 0.2) is 6.29 Å². The standard InChI is InChI=1S/C20H36O6/c1-5-14(6-2)11-24-19(23)16-9-15(16)8-7-12(3)25-20-18(22)10-17(21)13(4)26-20/h12-18,20-22H,5-11H2,1-4H3/t12-,13+,15-,16+,17-,18-,20-/m1/s1. The van der Waals surface area contributed by atoms with Gasteiger partial charge in [-0.25, -0.2) is 0 Å². The Kier molecular flexibility index (Phi) is 8.33. The van der Waals surface area contributed by atoms with Gasteiger partial charge in [0.25, 0.3) is 0 Å². The maximum absolute atomic E-state index is 12.1. The molecule has 2 aliphatic rings. The Bertz CT molecular complexity index is 438. The summed E-state index contributed by atoms with van der Waals surface area (Å²) in [5.41, 5.74) is 0. The van der Waals surface area contributed by atoms with Crippen LogP contribution in [-0.4, -0.2) is 53.5 Å². The minimum Gasteiger partial charge on any atom is -0.465 e. The van der Waals surface area contributed by atoms with E-state index in [0.29, 0.717) is 18.4 Å². The zero-order valence-corrected chi connectivity index (χ0v) is 16.6. The molecule has 0 amide bonds. The van der Waals surface area contributed by atoms with E-state index < -0.39 is 18.5 Å². The van der Waals surface area contributed by atoms with Crippen LogP contribution in [0.1, 0.15) is 66.2 Å². The number of hydrogen-bond donors (Lipinski definition) is 2. The van der Waals surface area contributed by atoms with Crippen molar-refractivity contribution in [2.24, 2.45) is 17.8 Å². The summed E-state index contributed by atoms with van der Waals surface area (Å²) in [6.07, 6.45) is 2.41. The highest BCUT2D eigenvalue weighted by atomic mass is 16.7. The molecule has 0 bridgehead atoms. The molecule has 1 aliphatic heterocycles. The minimum absolute atomic E-state index is 0.0447. The van der Waals surface area contributed by atoms with Crippen molar-refractivity contribution in [3.05, 3.63) is 0 Å². The van der Waals surface area contributed by atoms with E-state index in [0.717, 1.165) is 32.1 Å². The monoisotopic (exact) mass is 372 g/mol. The predicted octanol–water partition coefficient (Wildman–Crippen LogP) is 2.64. The summed E-state index contributed by atoms with van der Waals surface area (Å²) in [5.74, 6) is 0.841. The number of esters is 1. The minimum atomic E-state index is -0.808. The molecule has 6 nitrogen and oxygen atoms in total. The fraction of sp³-hybridized carbons (Fsp3) is 0.950. The van der Waals surface area contributed by atoms with Gasteiger partial charge in [-0.15, -0.1) is 0 Å². The molecule has 2 rings (SSSR count). The van der Waals surface area contributed by atoms with Crippen LogP contribution in [0.2, 0.25) is 0 Å². The van der Waals surface area contributed by atoms with Gasteiger partial charge in [-0.3, -0.25) is 4.79 Å². The highest BCUT2D eigenvalue weighted by molar-refractivity contribution is 5.75. The van der Waals surface area contributed by atoms with Crippen molar-refractivity contribution in [1.82, 2.24) is 0 Å². The smallest absolute Gasteiger partial charge is 0.309 e. The van der Waals surface area contributed by atoms with E-state index in [1.165, 1.54) is 0 Å². The SMILES string of the molecule is CCC(CC)COC(=O)[C@H]1C[C@H]1CC[C@@H](C)O[C@@H]1O[C@@H](C)[C@H](O)C[C@H]1O. The van der Waals surface area contributed by atoms with E-state index in [1.807, 2.05) is 6.92 Å². The average Bonchev–Trinajstić information content (AvgIpc) is 3.38. The molecule has 0 aromatic carbocycles. The van der Waals surface area contributed by atoms with Crippen molar-refractivity contribution in [3.63, 3.8) is 0 Å². The molecule has 2 fully saturated rings. The molecule has 2 N–H and O–H groups in total. The molecule has 1 aliphatic carbocycles. The van der Waals surface area contributed by atoms with Gasteiger partial charge in [0, 0.05) is 6.42 Å². The number of ether oxygens (including phenoxy) is 3. The summed E-state index contributed by atoms with van der Waals surface area (Å²) in [5, 5.41) is 19.7. The number of aliphatic hydroxyl groups is 2. The fourth-order valence-electron chi connectivity index (χ4n) is 3.50. The molecule has 6 heteroatoms. The molecule has 26 heavy (non-hydrogen) atoms. The van der Waals surface area contributed by atoms with Crippen molar-refractivity contribution < 1.29 is 29.2 Å². The van der Waals surface area contributed by atoms with Crippen molar-refractivity contribution in [2.45, 2.75) is 96.9 Å². The quantitative estimate of drug-likeness (QED) is 0.574. The number of aliphatic hydroxyl groups excluding tert-OH is 2.